The molecule has 1 aliphatic heterocycles. The second-order valence-electron chi connectivity index (χ2n) is 5.87. The molecule has 0 saturated carbocycles. The van der Waals surface area contributed by atoms with Gasteiger partial charge in [0.2, 0.25) is 5.91 Å². The number of rotatable bonds is 6. The van der Waals surface area contributed by atoms with Gasteiger partial charge in [0.25, 0.3) is 0 Å². The summed E-state index contributed by atoms with van der Waals surface area (Å²) in [5.41, 5.74) is 1.26. The van der Waals surface area contributed by atoms with Crippen LogP contribution in [0.5, 0.6) is 0 Å². The van der Waals surface area contributed by atoms with Crippen molar-refractivity contribution in [3.05, 3.63) is 24.5 Å². The van der Waals surface area contributed by atoms with Gasteiger partial charge >= 0.3 is 0 Å². The molecule has 2 heterocycles. The first kappa shape index (κ1) is 15.8. The summed E-state index contributed by atoms with van der Waals surface area (Å²) < 4.78 is 0. The van der Waals surface area contributed by atoms with Gasteiger partial charge in [-0.25, -0.2) is 0 Å². The third kappa shape index (κ3) is 5.01. The lowest BCUT2D eigenvalue weighted by molar-refractivity contribution is -0.123. The standard InChI is InChI=1S/C16H26N4O/c1-13(2)16(21)19-10-9-18-14-5-11-20(12-6-14)15-3-7-17-8-4-15/h3-4,7-8,13-14,18H,5-6,9-12H2,1-2H3,(H,19,21). The molecule has 1 saturated heterocycles. The van der Waals surface area contributed by atoms with Crippen molar-refractivity contribution < 1.29 is 4.79 Å². The number of hydrogen-bond donors (Lipinski definition) is 2. The predicted molar refractivity (Wildman–Crippen MR) is 85.3 cm³/mol. The number of nitrogens with zero attached hydrogens (tertiary/aromatic N) is 2. The molecule has 2 N–H and O–H groups in total. The third-order valence-electron chi connectivity index (χ3n) is 3.90. The maximum absolute atomic E-state index is 11.4. The van der Waals surface area contributed by atoms with Crippen molar-refractivity contribution in [1.82, 2.24) is 15.6 Å². The zero-order chi connectivity index (χ0) is 15.1. The highest BCUT2D eigenvalue weighted by Crippen LogP contribution is 2.18. The lowest BCUT2D eigenvalue weighted by Gasteiger charge is -2.34. The van der Waals surface area contributed by atoms with E-state index in [1.165, 1.54) is 5.69 Å². The van der Waals surface area contributed by atoms with E-state index in [9.17, 15) is 4.79 Å². The zero-order valence-electron chi connectivity index (χ0n) is 13.0. The Labute approximate surface area is 127 Å². The molecule has 5 heteroatoms. The van der Waals surface area contributed by atoms with E-state index in [1.807, 2.05) is 26.2 Å². The highest BCUT2D eigenvalue weighted by Gasteiger charge is 2.18. The van der Waals surface area contributed by atoms with Gasteiger partial charge in [-0.3, -0.25) is 9.78 Å². The van der Waals surface area contributed by atoms with Crippen molar-refractivity contribution in [2.75, 3.05) is 31.1 Å². The van der Waals surface area contributed by atoms with E-state index in [0.717, 1.165) is 32.5 Å². The van der Waals surface area contributed by atoms with Crippen LogP contribution >= 0.6 is 0 Å². The van der Waals surface area contributed by atoms with E-state index in [0.29, 0.717) is 12.6 Å². The highest BCUT2D eigenvalue weighted by molar-refractivity contribution is 5.77. The Morgan fingerprint density at radius 3 is 2.57 bits per heavy atom. The van der Waals surface area contributed by atoms with Crippen LogP contribution in [0.25, 0.3) is 0 Å². The second kappa shape index (κ2) is 7.98. The summed E-state index contributed by atoms with van der Waals surface area (Å²) >= 11 is 0. The van der Waals surface area contributed by atoms with Gasteiger partial charge in [-0.2, -0.15) is 0 Å². The Morgan fingerprint density at radius 1 is 1.29 bits per heavy atom. The van der Waals surface area contributed by atoms with Gasteiger partial charge in [0.05, 0.1) is 0 Å². The molecule has 0 aromatic carbocycles. The maximum Gasteiger partial charge on any atom is 0.222 e. The molecule has 21 heavy (non-hydrogen) atoms. The molecule has 0 aliphatic carbocycles. The average Bonchev–Trinajstić information content (AvgIpc) is 2.52. The van der Waals surface area contributed by atoms with Crippen molar-refractivity contribution in [3.8, 4) is 0 Å². The largest absolute Gasteiger partial charge is 0.371 e. The van der Waals surface area contributed by atoms with Gasteiger partial charge in [-0.1, -0.05) is 13.8 Å². The van der Waals surface area contributed by atoms with E-state index in [4.69, 9.17) is 0 Å². The first-order valence-electron chi connectivity index (χ1n) is 7.83. The quantitative estimate of drug-likeness (QED) is 0.778. The highest BCUT2D eigenvalue weighted by atomic mass is 16.1. The Balaban J connectivity index is 1.62. The number of carbonyl (C=O) groups is 1. The number of amides is 1. The van der Waals surface area contributed by atoms with E-state index < -0.39 is 0 Å². The van der Waals surface area contributed by atoms with Crippen LogP contribution < -0.4 is 15.5 Å². The Morgan fingerprint density at radius 2 is 1.95 bits per heavy atom. The molecule has 1 aromatic rings. The molecule has 0 spiro atoms. The van der Waals surface area contributed by atoms with E-state index in [1.54, 1.807) is 0 Å². The minimum absolute atomic E-state index is 0.0635. The first-order valence-corrected chi connectivity index (χ1v) is 7.83. The molecule has 1 amide bonds. The number of aromatic nitrogens is 1. The van der Waals surface area contributed by atoms with Crippen molar-refractivity contribution in [2.45, 2.75) is 32.7 Å². The smallest absolute Gasteiger partial charge is 0.222 e. The first-order chi connectivity index (χ1) is 10.2. The summed E-state index contributed by atoms with van der Waals surface area (Å²) in [6.45, 7) is 7.52. The third-order valence-corrected chi connectivity index (χ3v) is 3.90. The van der Waals surface area contributed by atoms with E-state index in [-0.39, 0.29) is 11.8 Å². The summed E-state index contributed by atoms with van der Waals surface area (Å²) in [5.74, 6) is 0.193. The normalized spacial score (nSPS) is 16.2. The van der Waals surface area contributed by atoms with Crippen molar-refractivity contribution in [1.29, 1.82) is 0 Å². The monoisotopic (exact) mass is 290 g/mol. The lowest BCUT2D eigenvalue weighted by atomic mass is 10.0. The van der Waals surface area contributed by atoms with Gasteiger partial charge in [-0.05, 0) is 25.0 Å². The fraction of sp³-hybridized carbons (Fsp3) is 0.625. The minimum Gasteiger partial charge on any atom is -0.371 e. The molecule has 5 nitrogen and oxygen atoms in total. The molecule has 0 atom stereocenters. The molecular formula is C16H26N4O. The number of anilines is 1. The van der Waals surface area contributed by atoms with Crippen LogP contribution in [0.3, 0.4) is 0 Å². The van der Waals surface area contributed by atoms with Crippen LogP contribution in [0.2, 0.25) is 0 Å². The van der Waals surface area contributed by atoms with Crippen LogP contribution in [-0.2, 0) is 4.79 Å². The SMILES string of the molecule is CC(C)C(=O)NCCNC1CCN(c2ccncc2)CC1. The number of pyridine rings is 1. The Hall–Kier alpha value is -1.62. The number of piperidine rings is 1. The zero-order valence-corrected chi connectivity index (χ0v) is 13.0. The molecule has 0 radical (unpaired) electrons. The average molecular weight is 290 g/mol. The van der Waals surface area contributed by atoms with Crippen molar-refractivity contribution in [2.24, 2.45) is 5.92 Å². The van der Waals surface area contributed by atoms with E-state index in [2.05, 4.69) is 32.7 Å². The molecule has 1 aromatic heterocycles. The summed E-state index contributed by atoms with van der Waals surface area (Å²) in [5, 5.41) is 6.47. The van der Waals surface area contributed by atoms with Gasteiger partial charge < -0.3 is 15.5 Å². The molecular weight excluding hydrogens is 264 g/mol. The van der Waals surface area contributed by atoms with Gasteiger partial charge in [0, 0.05) is 56.2 Å². The molecule has 0 bridgehead atoms. The van der Waals surface area contributed by atoms with Crippen LogP contribution in [0.4, 0.5) is 5.69 Å². The van der Waals surface area contributed by atoms with Crippen molar-refractivity contribution >= 4 is 11.6 Å². The maximum atomic E-state index is 11.4. The van der Waals surface area contributed by atoms with Crippen LogP contribution in [0.1, 0.15) is 26.7 Å². The molecule has 1 aliphatic rings. The Bertz CT molecular complexity index is 427. The topological polar surface area (TPSA) is 57.3 Å². The van der Waals surface area contributed by atoms with Gasteiger partial charge in [0.15, 0.2) is 0 Å². The summed E-state index contributed by atoms with van der Waals surface area (Å²) in [6, 6.07) is 4.68. The van der Waals surface area contributed by atoms with E-state index >= 15 is 0 Å². The number of carbonyl (C=O) groups excluding carboxylic acids is 1. The Kier molecular flexibility index (Phi) is 5.99. The molecule has 116 valence electrons. The molecule has 2 rings (SSSR count). The fourth-order valence-corrected chi connectivity index (χ4v) is 2.56. The number of nitrogens with one attached hydrogen (secondary N) is 2. The van der Waals surface area contributed by atoms with Gasteiger partial charge in [0.1, 0.15) is 0 Å². The van der Waals surface area contributed by atoms with Crippen molar-refractivity contribution in [3.63, 3.8) is 0 Å². The minimum atomic E-state index is 0.0635. The predicted octanol–water partition coefficient (Wildman–Crippen LogP) is 1.41. The second-order valence-corrected chi connectivity index (χ2v) is 5.87. The summed E-state index contributed by atoms with van der Waals surface area (Å²) in [7, 11) is 0. The van der Waals surface area contributed by atoms with Gasteiger partial charge in [-0.15, -0.1) is 0 Å². The summed E-state index contributed by atoms with van der Waals surface area (Å²) in [4.78, 5) is 17.9. The van der Waals surface area contributed by atoms with Crippen LogP contribution in [0, 0.1) is 5.92 Å². The molecule has 1 fully saturated rings. The summed E-state index contributed by atoms with van der Waals surface area (Å²) in [6.07, 6.45) is 5.97. The van der Waals surface area contributed by atoms with Crippen LogP contribution in [-0.4, -0.2) is 43.1 Å². The fourth-order valence-electron chi connectivity index (χ4n) is 2.56. The number of hydrogen-bond acceptors (Lipinski definition) is 4. The lowest BCUT2D eigenvalue weighted by Crippen LogP contribution is -2.45. The molecule has 0 unspecified atom stereocenters. The van der Waals surface area contributed by atoms with Crippen LogP contribution in [0.15, 0.2) is 24.5 Å².